The van der Waals surface area contributed by atoms with Crippen LogP contribution in [-0.2, 0) is 9.47 Å². The zero-order valence-electron chi connectivity index (χ0n) is 16.4. The van der Waals surface area contributed by atoms with Gasteiger partial charge in [-0.3, -0.25) is 0 Å². The third-order valence-corrected chi connectivity index (χ3v) is 5.27. The van der Waals surface area contributed by atoms with E-state index in [0.717, 1.165) is 0 Å². The normalized spacial score (nSPS) is 11.4. The Bertz CT molecular complexity index is 1170. The van der Waals surface area contributed by atoms with Crippen molar-refractivity contribution in [2.24, 2.45) is 0 Å². The number of alkyl halides is 3. The Morgan fingerprint density at radius 3 is 2.33 bits per heavy atom. The Hall–Kier alpha value is -1.81. The van der Waals surface area contributed by atoms with Gasteiger partial charge < -0.3 is 23.6 Å². The van der Waals surface area contributed by atoms with Gasteiger partial charge in [-0.25, -0.2) is 9.59 Å². The third-order valence-electron chi connectivity index (χ3n) is 3.83. The molecule has 0 saturated heterocycles. The molecule has 8 nitrogen and oxygen atoms in total. The van der Waals surface area contributed by atoms with Crippen LogP contribution in [0.15, 0.2) is 28.7 Å². The van der Waals surface area contributed by atoms with Crippen LogP contribution in [0.25, 0.3) is 22.9 Å². The number of H-pyrrole nitrogens is 1. The van der Waals surface area contributed by atoms with Gasteiger partial charge in [0.25, 0.3) is 0 Å². The predicted octanol–water partition coefficient (Wildman–Crippen LogP) is 7.36. The Labute approximate surface area is 216 Å². The molecule has 2 heterocycles. The van der Waals surface area contributed by atoms with Gasteiger partial charge in [0.15, 0.2) is 10.9 Å². The van der Waals surface area contributed by atoms with Gasteiger partial charge >= 0.3 is 12.1 Å². The minimum absolute atomic E-state index is 0.00643. The number of rotatable bonds is 6. The fourth-order valence-corrected chi connectivity index (χ4v) is 3.30. The van der Waals surface area contributed by atoms with Crippen molar-refractivity contribution in [1.29, 1.82) is 0 Å². The fraction of sp³-hybridized carbons (Fsp3) is 0.211. The molecule has 0 saturated carbocycles. The van der Waals surface area contributed by atoms with Gasteiger partial charge in [-0.2, -0.15) is 4.98 Å². The van der Waals surface area contributed by atoms with Crippen molar-refractivity contribution >= 4 is 81.7 Å². The monoisotopic (exact) mass is 574 g/mol. The molecular weight excluding hydrogens is 565 g/mol. The van der Waals surface area contributed by atoms with E-state index in [1.54, 1.807) is 19.1 Å². The average Bonchev–Trinajstić information content (AvgIpc) is 3.27. The van der Waals surface area contributed by atoms with Gasteiger partial charge in [-0.05, 0) is 31.2 Å². The Balaban J connectivity index is 1.79. The van der Waals surface area contributed by atoms with E-state index in [4.69, 9.17) is 83.5 Å². The Morgan fingerprint density at radius 2 is 1.73 bits per heavy atom. The van der Waals surface area contributed by atoms with E-state index in [1.165, 1.54) is 12.1 Å². The first-order valence-corrected chi connectivity index (χ1v) is 11.2. The molecule has 0 fully saturated rings. The summed E-state index contributed by atoms with van der Waals surface area (Å²) in [6, 6.07) is 6.03. The molecule has 0 unspecified atom stereocenters. The van der Waals surface area contributed by atoms with Gasteiger partial charge in [-0.15, -0.1) is 0 Å². The van der Waals surface area contributed by atoms with Gasteiger partial charge in [0, 0.05) is 5.56 Å². The lowest BCUT2D eigenvalue weighted by atomic mass is 10.2. The summed E-state index contributed by atoms with van der Waals surface area (Å²) in [6.45, 7) is 1.33. The van der Waals surface area contributed by atoms with Crippen LogP contribution in [0.2, 0.25) is 15.2 Å². The number of nitrogens with zero attached hydrogens (tertiary/aromatic N) is 1. The first-order valence-electron chi connectivity index (χ1n) is 8.92. The molecule has 0 aliphatic rings. The number of benzene rings is 1. The highest BCUT2D eigenvalue weighted by molar-refractivity contribution is 6.67. The lowest BCUT2D eigenvalue weighted by Crippen LogP contribution is -2.19. The number of esters is 1. The van der Waals surface area contributed by atoms with Crippen LogP contribution in [0.3, 0.4) is 0 Å². The van der Waals surface area contributed by atoms with Crippen molar-refractivity contribution in [1.82, 2.24) is 9.97 Å². The summed E-state index contributed by atoms with van der Waals surface area (Å²) >= 11 is 35.1. The predicted molar refractivity (Wildman–Crippen MR) is 125 cm³/mol. The number of aromatic nitrogens is 2. The molecule has 0 amide bonds. The van der Waals surface area contributed by atoms with E-state index in [9.17, 15) is 9.59 Å². The van der Waals surface area contributed by atoms with Crippen LogP contribution in [0, 0.1) is 0 Å². The second-order valence-electron chi connectivity index (χ2n) is 6.14. The van der Waals surface area contributed by atoms with Gasteiger partial charge in [0.1, 0.15) is 23.7 Å². The number of carbonyl (C=O) groups excluding carboxylic acids is 2. The van der Waals surface area contributed by atoms with Crippen LogP contribution < -0.4 is 4.74 Å². The highest BCUT2D eigenvalue weighted by atomic mass is 35.6. The molecule has 0 aliphatic carbocycles. The van der Waals surface area contributed by atoms with Crippen molar-refractivity contribution in [2.45, 2.75) is 10.7 Å². The van der Waals surface area contributed by atoms with E-state index in [2.05, 4.69) is 14.7 Å². The van der Waals surface area contributed by atoms with E-state index in [0.29, 0.717) is 5.56 Å². The number of carbonyl (C=O) groups is 2. The Morgan fingerprint density at radius 1 is 1.06 bits per heavy atom. The average molecular weight is 577 g/mol. The molecule has 0 atom stereocenters. The fourth-order valence-electron chi connectivity index (χ4n) is 2.47. The molecule has 0 radical (unpaired) electrons. The molecule has 3 rings (SSSR count). The summed E-state index contributed by atoms with van der Waals surface area (Å²) in [6.07, 6.45) is -1.05. The van der Waals surface area contributed by atoms with E-state index in [-0.39, 0.29) is 50.6 Å². The van der Waals surface area contributed by atoms with Gasteiger partial charge in [0.05, 0.1) is 16.7 Å². The molecular formula is C19H12Cl6N2O6. The highest BCUT2D eigenvalue weighted by Gasteiger charge is 2.26. The standard InChI is InChI=1S/C19H12Cl6N2O6/c1-2-30-17(28)13-11(21)10(20)12(26-13)16-27-15(22)14(33-16)8-3-5-9(6-4-8)32-18(29)31-7-19(23,24)25/h3-6,26H,2,7H2,1H3. The zero-order chi connectivity index (χ0) is 24.3. The number of aromatic amines is 1. The van der Waals surface area contributed by atoms with Gasteiger partial charge in [-0.1, -0.05) is 69.6 Å². The quantitative estimate of drug-likeness (QED) is 0.186. The van der Waals surface area contributed by atoms with E-state index >= 15 is 0 Å². The molecule has 1 N–H and O–H groups in total. The molecule has 2 aromatic heterocycles. The van der Waals surface area contributed by atoms with Crippen molar-refractivity contribution in [3.05, 3.63) is 45.2 Å². The second kappa shape index (κ2) is 10.6. The van der Waals surface area contributed by atoms with Crippen LogP contribution in [0.4, 0.5) is 4.79 Å². The van der Waals surface area contributed by atoms with E-state index < -0.39 is 22.5 Å². The number of ether oxygens (including phenoxy) is 3. The molecule has 14 heteroatoms. The summed E-state index contributed by atoms with van der Waals surface area (Å²) in [5.41, 5.74) is 0.604. The van der Waals surface area contributed by atoms with Crippen LogP contribution in [-0.4, -0.2) is 39.1 Å². The number of hydrogen-bond donors (Lipinski definition) is 1. The minimum atomic E-state index is -1.76. The maximum Gasteiger partial charge on any atom is 0.513 e. The Kier molecular flexibility index (Phi) is 8.31. The number of hydrogen-bond acceptors (Lipinski definition) is 7. The highest BCUT2D eigenvalue weighted by Crippen LogP contribution is 2.39. The molecule has 33 heavy (non-hydrogen) atoms. The molecule has 176 valence electrons. The lowest BCUT2D eigenvalue weighted by molar-refractivity contribution is 0.0520. The zero-order valence-corrected chi connectivity index (χ0v) is 20.9. The molecule has 0 spiro atoms. The van der Waals surface area contributed by atoms with Crippen LogP contribution in [0.1, 0.15) is 17.4 Å². The summed E-state index contributed by atoms with van der Waals surface area (Å²) in [5, 5.41) is -0.00866. The summed E-state index contributed by atoms with van der Waals surface area (Å²) < 4.78 is 18.6. The van der Waals surface area contributed by atoms with Gasteiger partial charge in [0.2, 0.25) is 9.68 Å². The third kappa shape index (κ3) is 6.41. The second-order valence-corrected chi connectivity index (χ2v) is 9.77. The summed E-state index contributed by atoms with van der Waals surface area (Å²) in [4.78, 5) is 30.5. The SMILES string of the molecule is CCOC(=O)c1[nH]c(-c2nc(Cl)c(-c3ccc(OC(=O)OCC(Cl)(Cl)Cl)cc3)o2)c(Cl)c1Cl. The number of halogens is 6. The maximum atomic E-state index is 12.0. The summed E-state index contributed by atoms with van der Waals surface area (Å²) in [7, 11) is 0. The first kappa shape index (κ1) is 25.8. The van der Waals surface area contributed by atoms with Crippen LogP contribution in [0.5, 0.6) is 5.75 Å². The number of nitrogens with one attached hydrogen (secondary N) is 1. The minimum Gasteiger partial charge on any atom is -0.461 e. The maximum absolute atomic E-state index is 12.0. The van der Waals surface area contributed by atoms with Crippen molar-refractivity contribution in [2.75, 3.05) is 13.2 Å². The number of oxazole rings is 1. The lowest BCUT2D eigenvalue weighted by Gasteiger charge is -2.11. The van der Waals surface area contributed by atoms with Crippen molar-refractivity contribution in [3.63, 3.8) is 0 Å². The summed E-state index contributed by atoms with van der Waals surface area (Å²) in [5.74, 6) is -0.344. The van der Waals surface area contributed by atoms with Crippen molar-refractivity contribution < 1.29 is 28.2 Å². The van der Waals surface area contributed by atoms with Crippen molar-refractivity contribution in [3.8, 4) is 28.7 Å². The molecule has 0 aliphatic heterocycles. The largest absolute Gasteiger partial charge is 0.513 e. The topological polar surface area (TPSA) is 104 Å². The smallest absolute Gasteiger partial charge is 0.461 e. The molecule has 3 aromatic rings. The first-order chi connectivity index (χ1) is 15.5. The van der Waals surface area contributed by atoms with Crippen LogP contribution >= 0.6 is 69.6 Å². The van der Waals surface area contributed by atoms with E-state index in [1.807, 2.05) is 0 Å². The molecule has 0 bridgehead atoms. The molecule has 1 aromatic carbocycles.